The molecule has 1 fully saturated rings. The summed E-state index contributed by atoms with van der Waals surface area (Å²) in [6, 6.07) is 0. The van der Waals surface area contributed by atoms with Crippen LogP contribution in [0.2, 0.25) is 0 Å². The molecule has 1 atom stereocenters. The van der Waals surface area contributed by atoms with Crippen molar-refractivity contribution in [1.29, 1.82) is 0 Å². The quantitative estimate of drug-likeness (QED) is 0.519. The predicted molar refractivity (Wildman–Crippen MR) is 41.0 cm³/mol. The molecule has 52 valence electrons. The summed E-state index contributed by atoms with van der Waals surface area (Å²) in [4.78, 5) is 11.9. The average Bonchev–Trinajstić information content (AvgIpc) is 2.20. The number of rotatable bonds is 0. The summed E-state index contributed by atoms with van der Waals surface area (Å²) in [7, 11) is 0. The molecule has 9 heavy (non-hydrogen) atoms. The van der Waals surface area contributed by atoms with Gasteiger partial charge in [0.05, 0.1) is 0 Å². The number of carbonyl (C=O) groups excluding carboxylic acids is 1. The van der Waals surface area contributed by atoms with Crippen molar-refractivity contribution in [1.82, 2.24) is 5.32 Å². The number of carbonyl (C=O) groups is 1. The Kier molecular flexibility index (Phi) is 5.75. The molecule has 0 spiro atoms. The van der Waals surface area contributed by atoms with Crippen LogP contribution in [0.5, 0.6) is 0 Å². The zero-order valence-corrected chi connectivity index (χ0v) is 7.81. The molecular weight excluding hydrogens is 177 g/mol. The maximum Gasteiger partial charge on any atom is 0.220 e. The number of nitrogens with one attached hydrogen (secondary N) is 1. The summed E-state index contributed by atoms with van der Waals surface area (Å²) in [5.41, 5.74) is 0. The fourth-order valence-corrected chi connectivity index (χ4v) is 0.565. The maximum atomic E-state index is 10.1. The Morgan fingerprint density at radius 1 is 1.78 bits per heavy atom. The molecule has 0 aromatic carbocycles. The average molecular weight is 189 g/mol. The van der Waals surface area contributed by atoms with Crippen LogP contribution in [0.3, 0.4) is 0 Å². The van der Waals surface area contributed by atoms with Crippen molar-refractivity contribution in [2.24, 2.45) is 0 Å². The molecule has 1 amide bonds. The molecule has 1 unspecified atom stereocenters. The number of hydrogen-bond donors (Lipinski definition) is 1. The molecule has 1 N–H and O–H groups in total. The van der Waals surface area contributed by atoms with Gasteiger partial charge in [0.15, 0.2) is 0 Å². The Balaban J connectivity index is 0.000000187. The van der Waals surface area contributed by atoms with Crippen LogP contribution in [-0.2, 0) is 4.79 Å². The maximum absolute atomic E-state index is 10.1. The predicted octanol–water partition coefficient (Wildman–Crippen LogP) is -0.341. The molecule has 1 rings (SSSR count). The van der Waals surface area contributed by atoms with Crippen LogP contribution in [0.1, 0.15) is 12.8 Å². The zero-order chi connectivity index (χ0) is 7.11. The molecule has 1 heterocycles. The van der Waals surface area contributed by atoms with Crippen LogP contribution in [0.25, 0.3) is 0 Å². The van der Waals surface area contributed by atoms with Crippen molar-refractivity contribution in [3.05, 3.63) is 11.4 Å². The summed E-state index contributed by atoms with van der Waals surface area (Å²) in [5, 5.41) is 2.68. The van der Waals surface area contributed by atoms with Crippen LogP contribution in [-0.4, -0.2) is 29.3 Å². The van der Waals surface area contributed by atoms with Gasteiger partial charge in [-0.2, -0.15) is 0 Å². The summed E-state index contributed by atoms with van der Waals surface area (Å²) < 4.78 is 0. The Bertz CT molecular complexity index is 95.2. The third-order valence-corrected chi connectivity index (χ3v) is 0.903. The minimum atomic E-state index is 0.204. The van der Waals surface area contributed by atoms with Gasteiger partial charge in [0, 0.05) is 13.0 Å². The first-order chi connectivity index (χ1) is 4.31. The van der Waals surface area contributed by atoms with Gasteiger partial charge in [-0.1, -0.05) is 0 Å². The second kappa shape index (κ2) is 5.90. The van der Waals surface area contributed by atoms with Crippen molar-refractivity contribution in [2.75, 3.05) is 6.54 Å². The monoisotopic (exact) mass is 189 g/mol. The largest absolute Gasteiger partial charge is 0.356 e. The van der Waals surface area contributed by atoms with Crippen LogP contribution in [0.4, 0.5) is 0 Å². The molecule has 2 nitrogen and oxygen atoms in total. The van der Waals surface area contributed by atoms with Crippen molar-refractivity contribution >= 4 is 22.8 Å². The summed E-state index contributed by atoms with van der Waals surface area (Å²) in [5.74, 6) is 0.204. The molecule has 0 bridgehead atoms. The van der Waals surface area contributed by atoms with Gasteiger partial charge in [0.25, 0.3) is 0 Å². The third kappa shape index (κ3) is 5.64. The van der Waals surface area contributed by atoms with Crippen LogP contribution >= 0.6 is 0 Å². The van der Waals surface area contributed by atoms with Crippen LogP contribution < -0.4 is 5.32 Å². The topological polar surface area (TPSA) is 29.1 Å². The summed E-state index contributed by atoms with van der Waals surface area (Å²) >= 11 is 1.55. The Morgan fingerprint density at radius 2 is 2.33 bits per heavy atom. The Morgan fingerprint density at radius 3 is 2.44 bits per heavy atom. The first-order valence-electron chi connectivity index (χ1n) is 2.90. The second-order valence-corrected chi connectivity index (χ2v) is 2.68. The van der Waals surface area contributed by atoms with Gasteiger partial charge < -0.3 is 5.32 Å². The van der Waals surface area contributed by atoms with Gasteiger partial charge in [-0.15, -0.1) is 0 Å². The third-order valence-electron chi connectivity index (χ3n) is 0.903. The van der Waals surface area contributed by atoms with E-state index in [0.717, 1.165) is 19.4 Å². The molecule has 1 saturated heterocycles. The van der Waals surface area contributed by atoms with E-state index in [0.29, 0.717) is 0 Å². The van der Waals surface area contributed by atoms with E-state index in [1.165, 1.54) is 0 Å². The SMILES string of the molecule is C=C[AsH2].O=C1CCCN1. The van der Waals surface area contributed by atoms with Gasteiger partial charge in [0.2, 0.25) is 5.91 Å². The van der Waals surface area contributed by atoms with E-state index in [-0.39, 0.29) is 5.91 Å². The molecule has 3 heteroatoms. The van der Waals surface area contributed by atoms with E-state index < -0.39 is 0 Å². The molecule has 0 aromatic heterocycles. The van der Waals surface area contributed by atoms with E-state index in [2.05, 4.69) is 11.9 Å². The molecule has 0 radical (unpaired) electrons. The van der Waals surface area contributed by atoms with E-state index in [1.54, 1.807) is 16.9 Å². The fourth-order valence-electron chi connectivity index (χ4n) is 0.565. The minimum absolute atomic E-state index is 0.204. The van der Waals surface area contributed by atoms with Crippen molar-refractivity contribution in [2.45, 2.75) is 12.8 Å². The van der Waals surface area contributed by atoms with Gasteiger partial charge >= 0.3 is 28.3 Å². The van der Waals surface area contributed by atoms with E-state index in [1.807, 2.05) is 4.86 Å². The van der Waals surface area contributed by atoms with Crippen molar-refractivity contribution < 1.29 is 4.79 Å². The van der Waals surface area contributed by atoms with Crippen molar-refractivity contribution in [3.63, 3.8) is 0 Å². The molecular formula is C6H12AsNO. The first kappa shape index (κ1) is 8.77. The van der Waals surface area contributed by atoms with E-state index >= 15 is 0 Å². The standard InChI is InChI=1S/C4H7NO.C2H5As/c6-4-2-1-3-5-4;1-2-3/h1-3H2,(H,5,6);2H,1,3H2. The molecule has 0 saturated carbocycles. The molecule has 0 aliphatic carbocycles. The second-order valence-electron chi connectivity index (χ2n) is 1.69. The molecule has 1 aliphatic rings. The van der Waals surface area contributed by atoms with Crippen LogP contribution in [0, 0.1) is 0 Å². The summed E-state index contributed by atoms with van der Waals surface area (Å²) in [6.07, 6.45) is 1.76. The van der Waals surface area contributed by atoms with Gasteiger partial charge in [0.1, 0.15) is 0 Å². The van der Waals surface area contributed by atoms with Crippen LogP contribution in [0.15, 0.2) is 11.4 Å². The molecule has 1 aliphatic heterocycles. The Labute approximate surface area is 64.2 Å². The van der Waals surface area contributed by atoms with Gasteiger partial charge in [-0.25, -0.2) is 0 Å². The molecule has 0 aromatic rings. The number of hydrogen-bond acceptors (Lipinski definition) is 1. The van der Waals surface area contributed by atoms with E-state index in [9.17, 15) is 4.79 Å². The fraction of sp³-hybridized carbons (Fsp3) is 0.500. The number of amides is 1. The van der Waals surface area contributed by atoms with Gasteiger partial charge in [-0.3, -0.25) is 4.79 Å². The first-order valence-corrected chi connectivity index (χ1v) is 4.30. The van der Waals surface area contributed by atoms with Crippen molar-refractivity contribution in [3.8, 4) is 0 Å². The van der Waals surface area contributed by atoms with Gasteiger partial charge in [-0.05, 0) is 6.42 Å². The zero-order valence-electron chi connectivity index (χ0n) is 5.39. The Hall–Kier alpha value is -0.232. The van der Waals surface area contributed by atoms with E-state index in [4.69, 9.17) is 0 Å². The normalized spacial score (nSPS) is 15.4. The summed E-state index contributed by atoms with van der Waals surface area (Å²) in [6.45, 7) is 4.28. The minimum Gasteiger partial charge on any atom is -0.356 e. The smallest absolute Gasteiger partial charge is 0.220 e.